The SMILES string of the molecule is Nc1c(-c2nc3ccc(NC4CCCNC4)cc3[nH]2)c(=O)[nH]c2ccccc12. The van der Waals surface area contributed by atoms with E-state index in [-0.39, 0.29) is 5.56 Å². The fraction of sp³-hybridized carbons (Fsp3) is 0.238. The quantitative estimate of drug-likeness (QED) is 0.379. The number of rotatable bonds is 3. The maximum absolute atomic E-state index is 12.6. The first-order valence-electron chi connectivity index (χ1n) is 9.57. The summed E-state index contributed by atoms with van der Waals surface area (Å²) in [5.41, 5.74) is 10.3. The smallest absolute Gasteiger partial charge is 0.261 e. The molecule has 0 saturated carbocycles. The van der Waals surface area contributed by atoms with Crippen molar-refractivity contribution in [2.24, 2.45) is 0 Å². The van der Waals surface area contributed by atoms with E-state index in [1.54, 1.807) is 0 Å². The maximum atomic E-state index is 12.6. The Bertz CT molecular complexity index is 1220. The number of benzene rings is 2. The van der Waals surface area contributed by atoms with Crippen LogP contribution in [0.25, 0.3) is 33.3 Å². The highest BCUT2D eigenvalue weighted by atomic mass is 16.1. The van der Waals surface area contributed by atoms with E-state index in [1.165, 1.54) is 6.42 Å². The molecule has 1 fully saturated rings. The molecule has 1 atom stereocenters. The summed E-state index contributed by atoms with van der Waals surface area (Å²) >= 11 is 0. The maximum Gasteiger partial charge on any atom is 0.261 e. The predicted molar refractivity (Wildman–Crippen MR) is 114 cm³/mol. The molecule has 2 aromatic heterocycles. The van der Waals surface area contributed by atoms with Gasteiger partial charge in [0.05, 0.1) is 22.2 Å². The second-order valence-corrected chi connectivity index (χ2v) is 7.29. The number of hydrogen-bond acceptors (Lipinski definition) is 5. The Morgan fingerprint density at radius 1 is 1.11 bits per heavy atom. The molecule has 4 aromatic rings. The van der Waals surface area contributed by atoms with Crippen molar-refractivity contribution < 1.29 is 0 Å². The van der Waals surface area contributed by atoms with Crippen LogP contribution >= 0.6 is 0 Å². The Balaban J connectivity index is 1.55. The minimum absolute atomic E-state index is 0.248. The van der Waals surface area contributed by atoms with Gasteiger partial charge in [0.25, 0.3) is 5.56 Å². The third-order valence-electron chi connectivity index (χ3n) is 5.35. The summed E-state index contributed by atoms with van der Waals surface area (Å²) < 4.78 is 0. The highest BCUT2D eigenvalue weighted by Crippen LogP contribution is 2.29. The Morgan fingerprint density at radius 3 is 2.86 bits per heavy atom. The number of aromatic nitrogens is 3. The van der Waals surface area contributed by atoms with Crippen LogP contribution in [0.2, 0.25) is 0 Å². The number of nitrogens with zero attached hydrogens (tertiary/aromatic N) is 1. The standard InChI is InChI=1S/C21H22N6O/c22-19-14-5-1-2-6-15(14)27-21(28)18(19)20-25-16-8-7-12(10-17(16)26-20)24-13-4-3-9-23-11-13/h1-2,5-8,10,13,23-24H,3-4,9,11H2,(H,25,26)(H3,22,27,28). The number of aromatic amines is 2. The topological polar surface area (TPSA) is 112 Å². The van der Waals surface area contributed by atoms with Crippen molar-refractivity contribution in [1.29, 1.82) is 0 Å². The number of pyridine rings is 1. The van der Waals surface area contributed by atoms with E-state index in [2.05, 4.69) is 25.6 Å². The van der Waals surface area contributed by atoms with E-state index in [9.17, 15) is 4.79 Å². The van der Waals surface area contributed by atoms with Crippen LogP contribution in [0.4, 0.5) is 11.4 Å². The van der Waals surface area contributed by atoms with E-state index >= 15 is 0 Å². The van der Waals surface area contributed by atoms with Crippen molar-refractivity contribution in [3.8, 4) is 11.4 Å². The summed E-state index contributed by atoms with van der Waals surface area (Å²) in [5, 5.41) is 7.79. The summed E-state index contributed by atoms with van der Waals surface area (Å²) in [7, 11) is 0. The Labute approximate surface area is 161 Å². The normalized spacial score (nSPS) is 17.2. The van der Waals surface area contributed by atoms with Crippen molar-refractivity contribution in [1.82, 2.24) is 20.3 Å². The number of anilines is 2. The highest BCUT2D eigenvalue weighted by molar-refractivity contribution is 5.97. The first kappa shape index (κ1) is 16.8. The molecule has 28 heavy (non-hydrogen) atoms. The Kier molecular flexibility index (Phi) is 4.02. The third kappa shape index (κ3) is 2.90. The summed E-state index contributed by atoms with van der Waals surface area (Å²) in [6.45, 7) is 2.05. The van der Waals surface area contributed by atoms with Crippen LogP contribution in [0.5, 0.6) is 0 Å². The zero-order chi connectivity index (χ0) is 19.1. The van der Waals surface area contributed by atoms with Gasteiger partial charge >= 0.3 is 0 Å². The van der Waals surface area contributed by atoms with Crippen molar-refractivity contribution in [2.45, 2.75) is 18.9 Å². The molecule has 0 aliphatic carbocycles. The van der Waals surface area contributed by atoms with Gasteiger partial charge in [-0.1, -0.05) is 18.2 Å². The summed E-state index contributed by atoms with van der Waals surface area (Å²) in [5.74, 6) is 0.482. The molecule has 3 heterocycles. The first-order chi connectivity index (χ1) is 13.7. The zero-order valence-electron chi connectivity index (χ0n) is 15.4. The number of fused-ring (bicyclic) bond motifs is 2. The van der Waals surface area contributed by atoms with Crippen LogP contribution in [0.3, 0.4) is 0 Å². The number of H-pyrrole nitrogens is 2. The molecule has 5 rings (SSSR count). The van der Waals surface area contributed by atoms with Crippen LogP contribution in [0.15, 0.2) is 47.3 Å². The van der Waals surface area contributed by atoms with Gasteiger partial charge < -0.3 is 26.3 Å². The van der Waals surface area contributed by atoms with Crippen LogP contribution in [0.1, 0.15) is 12.8 Å². The van der Waals surface area contributed by atoms with Gasteiger partial charge in [-0.05, 0) is 43.7 Å². The van der Waals surface area contributed by atoms with Gasteiger partial charge in [0.2, 0.25) is 0 Å². The summed E-state index contributed by atoms with van der Waals surface area (Å²) in [4.78, 5) is 23.4. The van der Waals surface area contributed by atoms with Gasteiger partial charge in [0.15, 0.2) is 0 Å². The predicted octanol–water partition coefficient (Wildman–Crippen LogP) is 2.82. The highest BCUT2D eigenvalue weighted by Gasteiger charge is 2.17. The molecule has 2 aromatic carbocycles. The molecule has 142 valence electrons. The Hall–Kier alpha value is -3.32. The average molecular weight is 374 g/mol. The van der Waals surface area contributed by atoms with Gasteiger partial charge in [-0.2, -0.15) is 0 Å². The number of nitrogen functional groups attached to an aromatic ring is 1. The second-order valence-electron chi connectivity index (χ2n) is 7.29. The third-order valence-corrected chi connectivity index (χ3v) is 5.35. The molecule has 0 spiro atoms. The van der Waals surface area contributed by atoms with Gasteiger partial charge in [-0.15, -0.1) is 0 Å². The summed E-state index contributed by atoms with van der Waals surface area (Å²) in [6, 6.07) is 13.9. The van der Waals surface area contributed by atoms with E-state index in [4.69, 9.17) is 5.73 Å². The van der Waals surface area contributed by atoms with Crippen LogP contribution in [0, 0.1) is 0 Å². The molecule has 1 unspecified atom stereocenters. The van der Waals surface area contributed by atoms with Gasteiger partial charge in [0.1, 0.15) is 11.4 Å². The van der Waals surface area contributed by atoms with E-state index in [0.29, 0.717) is 23.1 Å². The molecular formula is C21H22N6O. The molecule has 7 nitrogen and oxygen atoms in total. The summed E-state index contributed by atoms with van der Waals surface area (Å²) in [6.07, 6.45) is 2.33. The number of imidazole rings is 1. The monoisotopic (exact) mass is 374 g/mol. The largest absolute Gasteiger partial charge is 0.397 e. The lowest BCUT2D eigenvalue weighted by Gasteiger charge is -2.24. The lowest BCUT2D eigenvalue weighted by Crippen LogP contribution is -2.38. The minimum atomic E-state index is -0.248. The average Bonchev–Trinajstić information content (AvgIpc) is 3.11. The Morgan fingerprint density at radius 2 is 2.00 bits per heavy atom. The lowest BCUT2D eigenvalue weighted by molar-refractivity contribution is 0.480. The molecule has 1 saturated heterocycles. The molecular weight excluding hydrogens is 352 g/mol. The van der Waals surface area contributed by atoms with Crippen LogP contribution in [-0.4, -0.2) is 34.1 Å². The fourth-order valence-electron chi connectivity index (χ4n) is 3.93. The van der Waals surface area contributed by atoms with Crippen molar-refractivity contribution in [3.63, 3.8) is 0 Å². The van der Waals surface area contributed by atoms with Crippen molar-refractivity contribution >= 4 is 33.3 Å². The molecule has 0 radical (unpaired) electrons. The second kappa shape index (κ2) is 6.69. The van der Waals surface area contributed by atoms with Gasteiger partial charge in [-0.3, -0.25) is 4.79 Å². The number of hydrogen-bond donors (Lipinski definition) is 5. The molecule has 6 N–H and O–H groups in total. The molecule has 1 aliphatic rings. The number of nitrogens with two attached hydrogens (primary N) is 1. The zero-order valence-corrected chi connectivity index (χ0v) is 15.4. The lowest BCUT2D eigenvalue weighted by atomic mass is 10.1. The molecule has 0 bridgehead atoms. The van der Waals surface area contributed by atoms with Gasteiger partial charge in [-0.25, -0.2) is 4.98 Å². The van der Waals surface area contributed by atoms with Crippen LogP contribution in [-0.2, 0) is 0 Å². The number of nitrogens with one attached hydrogen (secondary N) is 4. The molecule has 1 aliphatic heterocycles. The van der Waals surface area contributed by atoms with Gasteiger partial charge in [0, 0.05) is 23.7 Å². The fourth-order valence-corrected chi connectivity index (χ4v) is 3.93. The van der Waals surface area contributed by atoms with E-state index < -0.39 is 0 Å². The van der Waals surface area contributed by atoms with E-state index in [0.717, 1.165) is 47.1 Å². The first-order valence-corrected chi connectivity index (χ1v) is 9.57. The molecule has 7 heteroatoms. The minimum Gasteiger partial charge on any atom is -0.397 e. The van der Waals surface area contributed by atoms with Crippen molar-refractivity contribution in [3.05, 3.63) is 52.8 Å². The van der Waals surface area contributed by atoms with Crippen LogP contribution < -0.4 is 21.9 Å². The molecule has 0 amide bonds. The number of piperidine rings is 1. The van der Waals surface area contributed by atoms with Crippen molar-refractivity contribution in [2.75, 3.05) is 24.1 Å². The number of para-hydroxylation sites is 1. The van der Waals surface area contributed by atoms with E-state index in [1.807, 2.05) is 42.5 Å².